The number of hydrogen-bond acceptors (Lipinski definition) is 2. The van der Waals surface area contributed by atoms with E-state index in [9.17, 15) is 4.79 Å². The van der Waals surface area contributed by atoms with E-state index >= 15 is 0 Å². The number of rotatable bonds is 18. The highest BCUT2D eigenvalue weighted by atomic mass is 16.1. The quantitative estimate of drug-likeness (QED) is 0.340. The van der Waals surface area contributed by atoms with Crippen molar-refractivity contribution < 1.29 is 4.79 Å². The molecule has 0 aromatic rings. The molecule has 0 radical (unpaired) electrons. The molecule has 0 rings (SSSR count). The molecule has 2 N–H and O–H groups in total. The summed E-state index contributed by atoms with van der Waals surface area (Å²) >= 11 is 0. The molecule has 0 aliphatic heterocycles. The molecule has 3 nitrogen and oxygen atoms in total. The minimum Gasteiger partial charge on any atom is -0.355 e. The van der Waals surface area contributed by atoms with Gasteiger partial charge in [-0.2, -0.15) is 0 Å². The Morgan fingerprint density at radius 3 is 1.48 bits per heavy atom. The standard InChI is InChI=1S/C20H42N2O/c1-3-4-5-6-7-8-9-10-11-12-13-14-15-16-17-21-18-19-22-20(2)23/h21H,3-19H2,1-2H3,(H,22,23). The van der Waals surface area contributed by atoms with Crippen LogP contribution in [0.2, 0.25) is 0 Å². The largest absolute Gasteiger partial charge is 0.355 e. The van der Waals surface area contributed by atoms with Crippen molar-refractivity contribution in [2.45, 2.75) is 104 Å². The van der Waals surface area contributed by atoms with Gasteiger partial charge in [-0.1, -0.05) is 90.4 Å². The maximum Gasteiger partial charge on any atom is 0.216 e. The van der Waals surface area contributed by atoms with Gasteiger partial charge in [0.25, 0.3) is 0 Å². The summed E-state index contributed by atoms with van der Waals surface area (Å²) in [7, 11) is 0. The Morgan fingerprint density at radius 1 is 0.609 bits per heavy atom. The first kappa shape index (κ1) is 22.4. The summed E-state index contributed by atoms with van der Waals surface area (Å²) in [6.07, 6.45) is 19.7. The molecule has 0 atom stereocenters. The van der Waals surface area contributed by atoms with E-state index < -0.39 is 0 Å². The van der Waals surface area contributed by atoms with E-state index in [2.05, 4.69) is 17.6 Å². The van der Waals surface area contributed by atoms with Crippen LogP contribution >= 0.6 is 0 Å². The van der Waals surface area contributed by atoms with E-state index in [1.54, 1.807) is 6.92 Å². The topological polar surface area (TPSA) is 41.1 Å². The minimum absolute atomic E-state index is 0.0586. The van der Waals surface area contributed by atoms with Gasteiger partial charge in [-0.3, -0.25) is 4.79 Å². The van der Waals surface area contributed by atoms with Crippen molar-refractivity contribution in [3.05, 3.63) is 0 Å². The van der Waals surface area contributed by atoms with Gasteiger partial charge in [-0.15, -0.1) is 0 Å². The van der Waals surface area contributed by atoms with Crippen LogP contribution in [0, 0.1) is 0 Å². The Kier molecular flexibility index (Phi) is 19.0. The summed E-state index contributed by atoms with van der Waals surface area (Å²) in [6, 6.07) is 0. The fraction of sp³-hybridized carbons (Fsp3) is 0.950. The molecule has 0 aromatic heterocycles. The predicted octanol–water partition coefficient (Wildman–Crippen LogP) is 5.19. The Hall–Kier alpha value is -0.570. The molecule has 0 saturated heterocycles. The molecule has 0 bridgehead atoms. The third-order valence-electron chi connectivity index (χ3n) is 4.38. The highest BCUT2D eigenvalue weighted by Gasteiger charge is 1.94. The Morgan fingerprint density at radius 2 is 1.04 bits per heavy atom. The third kappa shape index (κ3) is 21.4. The third-order valence-corrected chi connectivity index (χ3v) is 4.38. The van der Waals surface area contributed by atoms with Crippen LogP contribution in [0.3, 0.4) is 0 Å². The smallest absolute Gasteiger partial charge is 0.216 e. The van der Waals surface area contributed by atoms with Crippen molar-refractivity contribution >= 4 is 5.91 Å². The van der Waals surface area contributed by atoms with Crippen molar-refractivity contribution in [2.75, 3.05) is 19.6 Å². The van der Waals surface area contributed by atoms with E-state index in [1.807, 2.05) is 0 Å². The second-order valence-electron chi connectivity index (χ2n) is 6.83. The summed E-state index contributed by atoms with van der Waals surface area (Å²) < 4.78 is 0. The molecule has 0 heterocycles. The van der Waals surface area contributed by atoms with Crippen molar-refractivity contribution in [2.24, 2.45) is 0 Å². The molecule has 138 valence electrons. The second kappa shape index (κ2) is 19.5. The van der Waals surface area contributed by atoms with Crippen LogP contribution in [0.5, 0.6) is 0 Å². The van der Waals surface area contributed by atoms with Gasteiger partial charge in [0.2, 0.25) is 5.91 Å². The summed E-state index contributed by atoms with van der Waals surface area (Å²) in [6.45, 7) is 6.56. The lowest BCUT2D eigenvalue weighted by molar-refractivity contribution is -0.118. The van der Waals surface area contributed by atoms with Gasteiger partial charge in [0.1, 0.15) is 0 Å². The predicted molar refractivity (Wildman–Crippen MR) is 102 cm³/mol. The zero-order valence-corrected chi connectivity index (χ0v) is 15.9. The van der Waals surface area contributed by atoms with E-state index in [0.29, 0.717) is 0 Å². The Labute approximate surface area is 145 Å². The van der Waals surface area contributed by atoms with Gasteiger partial charge in [0.15, 0.2) is 0 Å². The molecular weight excluding hydrogens is 284 g/mol. The van der Waals surface area contributed by atoms with Crippen molar-refractivity contribution in [1.29, 1.82) is 0 Å². The molecule has 0 unspecified atom stereocenters. The monoisotopic (exact) mass is 326 g/mol. The second-order valence-corrected chi connectivity index (χ2v) is 6.83. The van der Waals surface area contributed by atoms with Crippen LogP contribution in [0.25, 0.3) is 0 Å². The molecule has 0 spiro atoms. The maximum atomic E-state index is 10.7. The summed E-state index contributed by atoms with van der Waals surface area (Å²) in [5.41, 5.74) is 0. The number of amides is 1. The van der Waals surface area contributed by atoms with Crippen molar-refractivity contribution in [3.63, 3.8) is 0 Å². The van der Waals surface area contributed by atoms with Gasteiger partial charge < -0.3 is 10.6 Å². The van der Waals surface area contributed by atoms with E-state index in [1.165, 1.54) is 89.9 Å². The fourth-order valence-corrected chi connectivity index (χ4v) is 2.90. The first-order valence-corrected chi connectivity index (χ1v) is 10.2. The summed E-state index contributed by atoms with van der Waals surface area (Å²) in [4.78, 5) is 10.7. The molecule has 0 aliphatic carbocycles. The van der Waals surface area contributed by atoms with Gasteiger partial charge in [0.05, 0.1) is 0 Å². The highest BCUT2D eigenvalue weighted by molar-refractivity contribution is 5.72. The molecule has 0 aliphatic rings. The van der Waals surface area contributed by atoms with Crippen LogP contribution in [0.4, 0.5) is 0 Å². The lowest BCUT2D eigenvalue weighted by Crippen LogP contribution is -2.30. The van der Waals surface area contributed by atoms with E-state index in [-0.39, 0.29) is 5.91 Å². The van der Waals surface area contributed by atoms with E-state index in [4.69, 9.17) is 0 Å². The highest BCUT2D eigenvalue weighted by Crippen LogP contribution is 2.12. The van der Waals surface area contributed by atoms with Crippen LogP contribution in [-0.2, 0) is 4.79 Å². The van der Waals surface area contributed by atoms with Gasteiger partial charge in [0, 0.05) is 20.0 Å². The van der Waals surface area contributed by atoms with Crippen molar-refractivity contribution in [1.82, 2.24) is 10.6 Å². The van der Waals surface area contributed by atoms with Gasteiger partial charge >= 0.3 is 0 Å². The van der Waals surface area contributed by atoms with Gasteiger partial charge in [-0.25, -0.2) is 0 Å². The zero-order chi connectivity index (χ0) is 17.0. The molecule has 0 saturated carbocycles. The number of unbranched alkanes of at least 4 members (excludes halogenated alkanes) is 13. The summed E-state index contributed by atoms with van der Waals surface area (Å²) in [5.74, 6) is 0.0586. The number of carbonyl (C=O) groups excluding carboxylic acids is 1. The number of hydrogen-bond donors (Lipinski definition) is 2. The molecule has 1 amide bonds. The first-order chi connectivity index (χ1) is 11.3. The first-order valence-electron chi connectivity index (χ1n) is 10.2. The van der Waals surface area contributed by atoms with Crippen LogP contribution in [0.1, 0.15) is 104 Å². The van der Waals surface area contributed by atoms with Gasteiger partial charge in [-0.05, 0) is 13.0 Å². The summed E-state index contributed by atoms with van der Waals surface area (Å²) in [5, 5.41) is 6.17. The zero-order valence-electron chi connectivity index (χ0n) is 15.9. The average Bonchev–Trinajstić information content (AvgIpc) is 2.53. The fourth-order valence-electron chi connectivity index (χ4n) is 2.90. The Bertz CT molecular complexity index is 244. The Balaban J connectivity index is 2.96. The normalized spacial score (nSPS) is 10.9. The lowest BCUT2D eigenvalue weighted by Gasteiger charge is -2.05. The van der Waals surface area contributed by atoms with Crippen molar-refractivity contribution in [3.8, 4) is 0 Å². The molecular formula is C20H42N2O. The number of carbonyl (C=O) groups is 1. The lowest BCUT2D eigenvalue weighted by atomic mass is 10.0. The number of nitrogens with one attached hydrogen (secondary N) is 2. The molecule has 0 aromatic carbocycles. The average molecular weight is 327 g/mol. The molecule has 3 heteroatoms. The van der Waals surface area contributed by atoms with Crippen LogP contribution in [-0.4, -0.2) is 25.5 Å². The maximum absolute atomic E-state index is 10.7. The minimum atomic E-state index is 0.0586. The SMILES string of the molecule is CCCCCCCCCCCCCCCCNCCNC(C)=O. The van der Waals surface area contributed by atoms with Crippen LogP contribution < -0.4 is 10.6 Å². The molecule has 23 heavy (non-hydrogen) atoms. The van der Waals surface area contributed by atoms with E-state index in [0.717, 1.165) is 19.6 Å². The van der Waals surface area contributed by atoms with Crippen LogP contribution in [0.15, 0.2) is 0 Å². The molecule has 0 fully saturated rings.